The van der Waals surface area contributed by atoms with E-state index in [-0.39, 0.29) is 11.8 Å². The van der Waals surface area contributed by atoms with Crippen LogP contribution in [0.3, 0.4) is 0 Å². The summed E-state index contributed by atoms with van der Waals surface area (Å²) in [4.78, 5) is 25.9. The molecule has 0 aromatic heterocycles. The lowest BCUT2D eigenvalue weighted by Crippen LogP contribution is -2.37. The van der Waals surface area contributed by atoms with Crippen molar-refractivity contribution < 1.29 is 14.7 Å². The minimum absolute atomic E-state index is 0.293. The monoisotopic (exact) mass is 489 g/mol. The highest BCUT2D eigenvalue weighted by Gasteiger charge is 2.37. The molecule has 4 rings (SSSR count). The van der Waals surface area contributed by atoms with Crippen molar-refractivity contribution in [2.24, 2.45) is 0 Å². The summed E-state index contributed by atoms with van der Waals surface area (Å²) in [6, 6.07) is 20.6. The molecule has 0 radical (unpaired) electrons. The van der Waals surface area contributed by atoms with Crippen molar-refractivity contribution in [3.8, 4) is 23.7 Å². The molecule has 34 heavy (non-hydrogen) atoms. The van der Waals surface area contributed by atoms with E-state index in [9.17, 15) is 9.59 Å². The second-order valence-electron chi connectivity index (χ2n) is 7.43. The molecule has 2 unspecified atom stereocenters. The molecule has 1 aliphatic rings. The molecule has 170 valence electrons. The van der Waals surface area contributed by atoms with E-state index in [4.69, 9.17) is 28.3 Å². The van der Waals surface area contributed by atoms with E-state index in [0.29, 0.717) is 21.2 Å². The zero-order chi connectivity index (χ0) is 24.7. The van der Waals surface area contributed by atoms with Gasteiger partial charge in [-0.15, -0.1) is 0 Å². The molecule has 0 spiro atoms. The number of rotatable bonds is 1. The lowest BCUT2D eigenvalue weighted by molar-refractivity contribution is 0.0630. The van der Waals surface area contributed by atoms with Gasteiger partial charge in [-0.25, -0.2) is 0 Å². The fourth-order valence-electron chi connectivity index (χ4n) is 3.07. The summed E-state index contributed by atoms with van der Waals surface area (Å²) in [5.74, 6) is 10.8. The third-order valence-corrected chi connectivity index (χ3v) is 5.26. The fourth-order valence-corrected chi connectivity index (χ4v) is 3.32. The van der Waals surface area contributed by atoms with Gasteiger partial charge in [-0.05, 0) is 74.5 Å². The lowest BCUT2D eigenvalue weighted by atomic mass is 10.1. The van der Waals surface area contributed by atoms with Crippen LogP contribution in [-0.4, -0.2) is 34.0 Å². The third kappa shape index (κ3) is 6.50. The maximum atomic E-state index is 12.3. The Bertz CT molecular complexity index is 1270. The lowest BCUT2D eigenvalue weighted by Gasteiger charge is -2.17. The molecule has 1 N–H and O–H groups in total. The van der Waals surface area contributed by atoms with Crippen molar-refractivity contribution in [3.63, 3.8) is 0 Å². The normalized spacial score (nSPS) is 13.4. The zero-order valence-corrected chi connectivity index (χ0v) is 20.1. The van der Waals surface area contributed by atoms with Crippen LogP contribution in [0.15, 0.2) is 72.8 Å². The summed E-state index contributed by atoms with van der Waals surface area (Å²) in [5, 5.41) is 10.2. The van der Waals surface area contributed by atoms with Gasteiger partial charge in [-0.2, -0.15) is 0 Å². The molecule has 6 heteroatoms. The quantitative estimate of drug-likeness (QED) is 0.365. The van der Waals surface area contributed by atoms with Crippen molar-refractivity contribution >= 4 is 35.0 Å². The highest BCUT2D eigenvalue weighted by Crippen LogP contribution is 2.24. The molecular formula is C28H21Cl2NO3. The largest absolute Gasteiger partial charge is 0.381 e. The van der Waals surface area contributed by atoms with Crippen molar-refractivity contribution in [2.45, 2.75) is 26.0 Å². The highest BCUT2D eigenvalue weighted by atomic mass is 35.5. The molecule has 2 atom stereocenters. The first kappa shape index (κ1) is 25.1. The van der Waals surface area contributed by atoms with Crippen LogP contribution in [-0.2, 0) is 0 Å². The molecule has 0 bridgehead atoms. The van der Waals surface area contributed by atoms with E-state index >= 15 is 0 Å². The summed E-state index contributed by atoms with van der Waals surface area (Å²) < 4.78 is 0. The second-order valence-corrected chi connectivity index (χ2v) is 8.30. The molecule has 0 aliphatic carbocycles. The number of aliphatic hydroxyl groups is 1. The molecule has 4 nitrogen and oxygen atoms in total. The van der Waals surface area contributed by atoms with E-state index in [1.54, 1.807) is 74.5 Å². The van der Waals surface area contributed by atoms with E-state index in [0.717, 1.165) is 11.1 Å². The summed E-state index contributed by atoms with van der Waals surface area (Å²) >= 11 is 11.5. The number of halogens is 2. The van der Waals surface area contributed by atoms with Gasteiger partial charge >= 0.3 is 0 Å². The number of carbonyl (C=O) groups is 2. The molecule has 0 saturated carbocycles. The molecule has 1 heterocycles. The van der Waals surface area contributed by atoms with Crippen LogP contribution in [0.1, 0.15) is 45.7 Å². The topological polar surface area (TPSA) is 57.6 Å². The van der Waals surface area contributed by atoms with Crippen molar-refractivity contribution in [3.05, 3.63) is 105 Å². The molecule has 0 saturated heterocycles. The molecule has 0 fully saturated rings. The molecule has 2 amide bonds. The van der Waals surface area contributed by atoms with E-state index in [2.05, 4.69) is 23.7 Å². The SMILES string of the molecule is CC(C#Cc1ccc(Cl)cc1)N1C(=O)c2ccccc2C1=O.CC(O)C#Cc1ccc(Cl)cc1. The Morgan fingerprint density at radius 1 is 0.706 bits per heavy atom. The average Bonchev–Trinajstić information content (AvgIpc) is 3.09. The minimum Gasteiger partial charge on any atom is -0.381 e. The first-order valence-electron chi connectivity index (χ1n) is 10.5. The maximum absolute atomic E-state index is 12.3. The number of nitrogens with zero attached hydrogens (tertiary/aromatic N) is 1. The Morgan fingerprint density at radius 3 is 1.53 bits per heavy atom. The van der Waals surface area contributed by atoms with E-state index in [1.165, 1.54) is 4.90 Å². The Morgan fingerprint density at radius 2 is 1.12 bits per heavy atom. The Labute approximate surface area is 209 Å². The van der Waals surface area contributed by atoms with Gasteiger partial charge < -0.3 is 5.11 Å². The first-order chi connectivity index (χ1) is 16.3. The highest BCUT2D eigenvalue weighted by molar-refractivity contribution is 6.30. The maximum Gasteiger partial charge on any atom is 0.262 e. The van der Waals surface area contributed by atoms with Crippen molar-refractivity contribution in [1.29, 1.82) is 0 Å². The average molecular weight is 490 g/mol. The predicted molar refractivity (Wildman–Crippen MR) is 135 cm³/mol. The van der Waals surface area contributed by atoms with Gasteiger partial charge in [0.25, 0.3) is 11.8 Å². The van der Waals surface area contributed by atoms with Crippen LogP contribution in [0.4, 0.5) is 0 Å². The van der Waals surface area contributed by atoms with Gasteiger partial charge in [0.15, 0.2) is 0 Å². The number of carbonyl (C=O) groups excluding carboxylic acids is 2. The second kappa shape index (κ2) is 11.5. The van der Waals surface area contributed by atoms with Gasteiger partial charge in [0.05, 0.1) is 17.2 Å². The predicted octanol–water partition coefficient (Wildman–Crippen LogP) is 5.45. The van der Waals surface area contributed by atoms with Gasteiger partial charge in [0.2, 0.25) is 0 Å². The third-order valence-electron chi connectivity index (χ3n) is 4.75. The minimum atomic E-state index is -0.583. The van der Waals surface area contributed by atoms with Crippen molar-refractivity contribution in [1.82, 2.24) is 4.90 Å². The van der Waals surface area contributed by atoms with Crippen LogP contribution in [0.25, 0.3) is 0 Å². The van der Waals surface area contributed by atoms with Crippen LogP contribution >= 0.6 is 23.2 Å². The Kier molecular flexibility index (Phi) is 8.52. The first-order valence-corrected chi connectivity index (χ1v) is 11.2. The number of fused-ring (bicyclic) bond motifs is 1. The fraction of sp³-hybridized carbons (Fsp3) is 0.143. The van der Waals surface area contributed by atoms with Gasteiger partial charge in [-0.3, -0.25) is 14.5 Å². The van der Waals surface area contributed by atoms with E-state index < -0.39 is 12.1 Å². The number of hydrogen-bond acceptors (Lipinski definition) is 3. The van der Waals surface area contributed by atoms with Crippen LogP contribution in [0, 0.1) is 23.7 Å². The van der Waals surface area contributed by atoms with Crippen molar-refractivity contribution in [2.75, 3.05) is 0 Å². The Balaban J connectivity index is 0.000000229. The summed E-state index contributed by atoms with van der Waals surface area (Å²) in [5.41, 5.74) is 2.52. The number of hydrogen-bond donors (Lipinski definition) is 1. The number of benzene rings is 3. The number of aliphatic hydroxyl groups excluding tert-OH is 1. The number of amides is 2. The molecule has 1 aliphatic heterocycles. The molecular weight excluding hydrogens is 469 g/mol. The van der Waals surface area contributed by atoms with E-state index in [1.807, 2.05) is 12.1 Å². The van der Waals surface area contributed by atoms with Crippen LogP contribution in [0.2, 0.25) is 10.0 Å². The van der Waals surface area contributed by atoms with Gasteiger partial charge in [0, 0.05) is 21.2 Å². The number of imide groups is 1. The zero-order valence-electron chi connectivity index (χ0n) is 18.5. The Hall–Kier alpha value is -3.54. The van der Waals surface area contributed by atoms with Gasteiger partial charge in [0.1, 0.15) is 6.10 Å². The van der Waals surface area contributed by atoms with Crippen LogP contribution in [0.5, 0.6) is 0 Å². The molecule has 3 aromatic carbocycles. The van der Waals surface area contributed by atoms with Crippen LogP contribution < -0.4 is 0 Å². The molecule has 3 aromatic rings. The van der Waals surface area contributed by atoms with Gasteiger partial charge in [-0.1, -0.05) is 59.0 Å². The summed E-state index contributed by atoms with van der Waals surface area (Å²) in [6.45, 7) is 3.37. The summed E-state index contributed by atoms with van der Waals surface area (Å²) in [6.07, 6.45) is -0.583. The standard InChI is InChI=1S/C18H12ClNO2.C10H9ClO/c1-12(6-7-13-8-10-14(19)11-9-13)20-17(21)15-4-2-3-5-16(15)18(20)22;1-8(12)2-3-9-4-6-10(11)7-5-9/h2-5,8-12H,1H3;4-8,12H,1H3. The smallest absolute Gasteiger partial charge is 0.262 e. The summed E-state index contributed by atoms with van der Waals surface area (Å²) in [7, 11) is 0.